The molecule has 1 N–H and O–H groups in total. The first kappa shape index (κ1) is 17.0. The Hall–Kier alpha value is -2.36. The zero-order valence-electron chi connectivity index (χ0n) is 13.6. The molecule has 0 spiro atoms. The van der Waals surface area contributed by atoms with Gasteiger partial charge in [-0.15, -0.1) is 0 Å². The average molecular weight is 312 g/mol. The van der Waals surface area contributed by atoms with Crippen LogP contribution in [0.1, 0.15) is 44.6 Å². The lowest BCUT2D eigenvalue weighted by Crippen LogP contribution is -1.90. The first-order valence-corrected chi connectivity index (χ1v) is 8.26. The summed E-state index contributed by atoms with van der Waals surface area (Å²) in [5.74, 6) is 0.130. The third-order valence-corrected chi connectivity index (χ3v) is 3.78. The predicted octanol–water partition coefficient (Wildman–Crippen LogP) is 5.83. The number of phenolic OH excluding ortho intramolecular Hbond substituents is 1. The molecule has 4 nitrogen and oxygen atoms in total. The van der Waals surface area contributed by atoms with Crippen molar-refractivity contribution in [3.8, 4) is 5.75 Å². The average Bonchev–Trinajstić information content (AvgIpc) is 2.57. The molecule has 0 heterocycles. The number of phenols is 1. The first-order chi connectivity index (χ1) is 11.2. The topological polar surface area (TPSA) is 58.7 Å². The third kappa shape index (κ3) is 5.74. The molecule has 0 atom stereocenters. The summed E-state index contributed by atoms with van der Waals surface area (Å²) < 4.78 is 0. The summed E-state index contributed by atoms with van der Waals surface area (Å²) in [5.41, 5.74) is 2.30. The van der Waals surface area contributed by atoms with Crippen LogP contribution in [0.4, 0.5) is 11.4 Å². The van der Waals surface area contributed by atoms with Gasteiger partial charge in [0.1, 0.15) is 11.4 Å². The molecule has 0 aliphatic heterocycles. The zero-order valence-corrected chi connectivity index (χ0v) is 13.6. The maximum atomic E-state index is 12.0. The fourth-order valence-electron chi connectivity index (χ4n) is 2.40. The summed E-state index contributed by atoms with van der Waals surface area (Å²) in [4.78, 5) is 0.569. The molecule has 2 aromatic rings. The largest absolute Gasteiger partial charge is 0.594 e. The fraction of sp³-hybridized carbons (Fsp3) is 0.368. The molecule has 0 unspecified atom stereocenters. The van der Waals surface area contributed by atoms with Gasteiger partial charge in [0.2, 0.25) is 5.69 Å². The molecule has 0 saturated heterocycles. The second kappa shape index (κ2) is 8.93. The predicted molar refractivity (Wildman–Crippen MR) is 92.4 cm³/mol. The monoisotopic (exact) mass is 312 g/mol. The van der Waals surface area contributed by atoms with E-state index in [1.165, 1.54) is 61.9 Å². The van der Waals surface area contributed by atoms with Crippen molar-refractivity contribution in [2.24, 2.45) is 5.11 Å². The number of azo groups is 1. The smallest absolute Gasteiger partial charge is 0.245 e. The molecule has 122 valence electrons. The van der Waals surface area contributed by atoms with E-state index in [0.717, 1.165) is 6.42 Å². The molecule has 0 bridgehead atoms. The highest BCUT2D eigenvalue weighted by Gasteiger charge is 2.04. The molecule has 2 aromatic carbocycles. The van der Waals surface area contributed by atoms with Crippen molar-refractivity contribution in [1.82, 2.24) is 0 Å². The summed E-state index contributed by atoms with van der Waals surface area (Å²) in [7, 11) is 0. The number of unbranched alkanes of at least 4 members (excludes halogenated alkanes) is 4. The van der Waals surface area contributed by atoms with Crippen LogP contribution in [0.15, 0.2) is 53.6 Å². The first-order valence-electron chi connectivity index (χ1n) is 8.26. The number of aryl methyl sites for hydroxylation is 1. The minimum absolute atomic E-state index is 0.130. The molecule has 0 amide bonds. The standard InChI is InChI=1S/C19H24N2O2/c1-2-3-4-5-6-7-16-8-10-17(11-9-16)20-21(23)18-12-14-19(22)15-13-18/h8-15,22H,2-7H2,1H3. The van der Waals surface area contributed by atoms with E-state index in [-0.39, 0.29) is 5.75 Å². The van der Waals surface area contributed by atoms with Gasteiger partial charge in [-0.3, -0.25) is 0 Å². The maximum absolute atomic E-state index is 12.0. The lowest BCUT2D eigenvalue weighted by Gasteiger charge is -2.03. The van der Waals surface area contributed by atoms with Gasteiger partial charge >= 0.3 is 0 Å². The van der Waals surface area contributed by atoms with Gasteiger partial charge in [0.15, 0.2) is 0 Å². The van der Waals surface area contributed by atoms with Crippen molar-refractivity contribution in [3.05, 3.63) is 59.3 Å². The van der Waals surface area contributed by atoms with Gasteiger partial charge in [-0.05, 0) is 42.7 Å². The van der Waals surface area contributed by atoms with Crippen LogP contribution in [0, 0.1) is 5.21 Å². The van der Waals surface area contributed by atoms with E-state index in [1.807, 2.05) is 24.3 Å². The van der Waals surface area contributed by atoms with E-state index in [2.05, 4.69) is 12.0 Å². The highest BCUT2D eigenvalue weighted by atomic mass is 16.5. The normalized spacial score (nSPS) is 11.6. The van der Waals surface area contributed by atoms with E-state index in [1.54, 1.807) is 0 Å². The molecule has 0 aliphatic carbocycles. The Morgan fingerprint density at radius 2 is 1.57 bits per heavy atom. The Morgan fingerprint density at radius 3 is 2.22 bits per heavy atom. The van der Waals surface area contributed by atoms with Gasteiger partial charge in [0.25, 0.3) is 0 Å². The van der Waals surface area contributed by atoms with Gasteiger partial charge in [-0.25, -0.2) is 0 Å². The van der Waals surface area contributed by atoms with Crippen LogP contribution < -0.4 is 0 Å². The summed E-state index contributed by atoms with van der Waals surface area (Å²) in [6.07, 6.45) is 7.44. The zero-order chi connectivity index (χ0) is 16.5. The van der Waals surface area contributed by atoms with Crippen LogP contribution in [0.2, 0.25) is 0 Å². The molecule has 0 aliphatic rings. The fourth-order valence-corrected chi connectivity index (χ4v) is 2.40. The Bertz CT molecular complexity index is 619. The van der Waals surface area contributed by atoms with Gasteiger partial charge in [0, 0.05) is 17.2 Å². The second-order valence-corrected chi connectivity index (χ2v) is 5.72. The SMILES string of the molecule is CCCCCCCc1ccc(N=[N+]([O-])c2ccc(O)cc2)cc1. The van der Waals surface area contributed by atoms with Crippen LogP contribution in [0.25, 0.3) is 0 Å². The van der Waals surface area contributed by atoms with Crippen LogP contribution in [0.3, 0.4) is 0 Å². The molecule has 0 aromatic heterocycles. The third-order valence-electron chi connectivity index (χ3n) is 3.78. The Kier molecular flexibility index (Phi) is 6.60. The Labute approximate surface area is 137 Å². The Morgan fingerprint density at radius 1 is 0.913 bits per heavy atom. The molecular weight excluding hydrogens is 288 g/mol. The molecule has 0 fully saturated rings. The second-order valence-electron chi connectivity index (χ2n) is 5.72. The molecule has 2 rings (SSSR count). The number of rotatable bonds is 8. The van der Waals surface area contributed by atoms with Crippen LogP contribution in [-0.2, 0) is 6.42 Å². The van der Waals surface area contributed by atoms with Gasteiger partial charge < -0.3 is 10.3 Å². The van der Waals surface area contributed by atoms with Crippen molar-refractivity contribution in [1.29, 1.82) is 0 Å². The van der Waals surface area contributed by atoms with Gasteiger partial charge in [0.05, 0.1) is 0 Å². The van der Waals surface area contributed by atoms with Gasteiger partial charge in [-0.2, -0.15) is 0 Å². The highest BCUT2D eigenvalue weighted by Crippen LogP contribution is 2.20. The summed E-state index contributed by atoms with van der Waals surface area (Å²) in [6, 6.07) is 13.8. The molecule has 4 heteroatoms. The van der Waals surface area contributed by atoms with Crippen molar-refractivity contribution in [2.75, 3.05) is 0 Å². The van der Waals surface area contributed by atoms with E-state index in [0.29, 0.717) is 16.2 Å². The molecule has 0 radical (unpaired) electrons. The van der Waals surface area contributed by atoms with Crippen molar-refractivity contribution in [2.45, 2.75) is 45.4 Å². The van der Waals surface area contributed by atoms with E-state index >= 15 is 0 Å². The lowest BCUT2D eigenvalue weighted by molar-refractivity contribution is -0.435. The van der Waals surface area contributed by atoms with Crippen LogP contribution >= 0.6 is 0 Å². The van der Waals surface area contributed by atoms with E-state index in [9.17, 15) is 10.3 Å². The lowest BCUT2D eigenvalue weighted by atomic mass is 10.1. The number of benzene rings is 2. The molecule has 0 saturated carbocycles. The minimum Gasteiger partial charge on any atom is -0.594 e. The molecule has 23 heavy (non-hydrogen) atoms. The van der Waals surface area contributed by atoms with E-state index < -0.39 is 0 Å². The van der Waals surface area contributed by atoms with Crippen molar-refractivity contribution in [3.63, 3.8) is 0 Å². The number of hydrogen-bond donors (Lipinski definition) is 1. The van der Waals surface area contributed by atoms with Crippen molar-refractivity contribution >= 4 is 11.4 Å². The van der Waals surface area contributed by atoms with E-state index in [4.69, 9.17) is 0 Å². The Balaban J connectivity index is 1.91. The quantitative estimate of drug-likeness (QED) is 0.288. The minimum atomic E-state index is 0.130. The number of aromatic hydroxyl groups is 1. The number of nitrogens with zero attached hydrogens (tertiary/aromatic N) is 2. The summed E-state index contributed by atoms with van der Waals surface area (Å²) >= 11 is 0. The number of hydrogen-bond acceptors (Lipinski definition) is 3. The highest BCUT2D eigenvalue weighted by molar-refractivity contribution is 5.39. The van der Waals surface area contributed by atoms with Crippen LogP contribution in [-0.4, -0.2) is 9.97 Å². The van der Waals surface area contributed by atoms with Crippen molar-refractivity contribution < 1.29 is 9.97 Å². The summed E-state index contributed by atoms with van der Waals surface area (Å²) in [5, 5.41) is 25.2. The summed E-state index contributed by atoms with van der Waals surface area (Å²) in [6.45, 7) is 2.22. The van der Waals surface area contributed by atoms with Crippen LogP contribution in [0.5, 0.6) is 5.75 Å². The van der Waals surface area contributed by atoms with Gasteiger partial charge in [-0.1, -0.05) is 49.6 Å². The molecular formula is C19H24N2O2. The maximum Gasteiger partial charge on any atom is 0.245 e.